The molecule has 24 heavy (non-hydrogen) atoms. The molecular weight excluding hydrogens is 312 g/mol. The van der Waals surface area contributed by atoms with Gasteiger partial charge in [0.25, 0.3) is 0 Å². The number of anilines is 1. The predicted octanol–water partition coefficient (Wildman–Crippen LogP) is 5.18. The SMILES string of the molecule is Cc1cc(C)c(N2C=CN(CCO[Si](C)(C)C(C)(C)C)C2)c(C)c1. The van der Waals surface area contributed by atoms with E-state index in [0.29, 0.717) is 0 Å². The summed E-state index contributed by atoms with van der Waals surface area (Å²) < 4.78 is 6.30. The summed E-state index contributed by atoms with van der Waals surface area (Å²) in [6.07, 6.45) is 4.38. The van der Waals surface area contributed by atoms with Crippen molar-refractivity contribution < 1.29 is 4.43 Å². The van der Waals surface area contributed by atoms with Crippen LogP contribution in [0, 0.1) is 20.8 Å². The summed E-state index contributed by atoms with van der Waals surface area (Å²) in [5.74, 6) is 0. The molecule has 1 aliphatic heterocycles. The molecule has 0 saturated carbocycles. The molecule has 0 atom stereocenters. The van der Waals surface area contributed by atoms with E-state index in [1.807, 2.05) is 0 Å². The first kappa shape index (κ1) is 19.1. The Balaban J connectivity index is 1.92. The summed E-state index contributed by atoms with van der Waals surface area (Å²) in [7, 11) is -1.65. The van der Waals surface area contributed by atoms with Gasteiger partial charge in [-0.25, -0.2) is 0 Å². The highest BCUT2D eigenvalue weighted by atomic mass is 28.4. The van der Waals surface area contributed by atoms with E-state index in [-0.39, 0.29) is 5.04 Å². The summed E-state index contributed by atoms with van der Waals surface area (Å²) >= 11 is 0. The zero-order chi connectivity index (χ0) is 18.1. The number of aryl methyl sites for hydroxylation is 3. The Morgan fingerprint density at radius 3 is 2.17 bits per heavy atom. The van der Waals surface area contributed by atoms with Crippen molar-refractivity contribution in [2.75, 3.05) is 24.7 Å². The van der Waals surface area contributed by atoms with Crippen LogP contribution in [0.5, 0.6) is 0 Å². The summed E-state index contributed by atoms with van der Waals surface area (Å²) in [4.78, 5) is 4.68. The molecule has 0 fully saturated rings. The van der Waals surface area contributed by atoms with Crippen molar-refractivity contribution in [2.24, 2.45) is 0 Å². The number of hydrogen-bond acceptors (Lipinski definition) is 3. The third-order valence-corrected chi connectivity index (χ3v) is 9.90. The topological polar surface area (TPSA) is 15.7 Å². The van der Waals surface area contributed by atoms with Crippen LogP contribution < -0.4 is 4.90 Å². The van der Waals surface area contributed by atoms with Crippen LogP contribution in [0.3, 0.4) is 0 Å². The highest BCUT2D eigenvalue weighted by Crippen LogP contribution is 2.36. The minimum absolute atomic E-state index is 0.274. The lowest BCUT2D eigenvalue weighted by molar-refractivity contribution is 0.243. The zero-order valence-corrected chi connectivity index (χ0v) is 17.7. The summed E-state index contributed by atoms with van der Waals surface area (Å²) in [5.41, 5.74) is 5.36. The second kappa shape index (κ2) is 6.93. The van der Waals surface area contributed by atoms with Crippen LogP contribution in [-0.2, 0) is 4.43 Å². The fraction of sp³-hybridized carbons (Fsp3) is 0.600. The van der Waals surface area contributed by atoms with Crippen molar-refractivity contribution in [1.82, 2.24) is 4.90 Å². The van der Waals surface area contributed by atoms with E-state index in [2.05, 4.69) is 89.0 Å². The fourth-order valence-electron chi connectivity index (χ4n) is 3.02. The van der Waals surface area contributed by atoms with Gasteiger partial charge in [0.15, 0.2) is 8.32 Å². The van der Waals surface area contributed by atoms with E-state index in [4.69, 9.17) is 4.43 Å². The molecule has 1 aliphatic rings. The molecule has 0 unspecified atom stereocenters. The van der Waals surface area contributed by atoms with Gasteiger partial charge in [-0.15, -0.1) is 0 Å². The third-order valence-electron chi connectivity index (χ3n) is 5.36. The van der Waals surface area contributed by atoms with Crippen molar-refractivity contribution in [2.45, 2.75) is 59.7 Å². The lowest BCUT2D eigenvalue weighted by atomic mass is 10.0. The molecule has 0 amide bonds. The molecule has 0 bridgehead atoms. The Labute approximate surface area is 149 Å². The predicted molar refractivity (Wildman–Crippen MR) is 107 cm³/mol. The summed E-state index contributed by atoms with van der Waals surface area (Å²) in [6.45, 7) is 20.7. The lowest BCUT2D eigenvalue weighted by Gasteiger charge is -2.36. The number of nitrogens with zero attached hydrogens (tertiary/aromatic N) is 2. The van der Waals surface area contributed by atoms with E-state index >= 15 is 0 Å². The highest BCUT2D eigenvalue weighted by molar-refractivity contribution is 6.74. The standard InChI is InChI=1S/C20H34N2OSi/c1-16-13-17(2)19(18(3)14-16)22-10-9-21(15-22)11-12-23-24(7,8)20(4,5)6/h9-10,13-14H,11-12,15H2,1-8H3. The molecule has 0 aliphatic carbocycles. The zero-order valence-electron chi connectivity index (χ0n) is 16.7. The second-order valence-electron chi connectivity index (χ2n) is 8.58. The largest absolute Gasteiger partial charge is 0.415 e. The van der Waals surface area contributed by atoms with Gasteiger partial charge in [0, 0.05) is 24.6 Å². The second-order valence-corrected chi connectivity index (χ2v) is 13.4. The van der Waals surface area contributed by atoms with Gasteiger partial charge < -0.3 is 14.2 Å². The Morgan fingerprint density at radius 1 is 1.04 bits per heavy atom. The Bertz CT molecular complexity index is 594. The molecule has 1 aromatic carbocycles. The smallest absolute Gasteiger partial charge is 0.192 e. The van der Waals surface area contributed by atoms with Gasteiger partial charge in [-0.2, -0.15) is 0 Å². The highest BCUT2D eigenvalue weighted by Gasteiger charge is 2.37. The minimum Gasteiger partial charge on any atom is -0.415 e. The fourth-order valence-corrected chi connectivity index (χ4v) is 4.05. The molecule has 134 valence electrons. The van der Waals surface area contributed by atoms with Crippen molar-refractivity contribution in [3.05, 3.63) is 41.2 Å². The van der Waals surface area contributed by atoms with Crippen molar-refractivity contribution in [3.8, 4) is 0 Å². The van der Waals surface area contributed by atoms with Crippen LogP contribution in [0.2, 0.25) is 18.1 Å². The van der Waals surface area contributed by atoms with E-state index in [1.54, 1.807) is 0 Å². The maximum Gasteiger partial charge on any atom is 0.192 e. The van der Waals surface area contributed by atoms with Crippen molar-refractivity contribution in [3.63, 3.8) is 0 Å². The van der Waals surface area contributed by atoms with E-state index in [0.717, 1.165) is 19.8 Å². The number of rotatable bonds is 5. The molecule has 2 rings (SSSR count). The average Bonchev–Trinajstić information content (AvgIpc) is 2.84. The molecule has 1 heterocycles. The normalized spacial score (nSPS) is 15.5. The van der Waals surface area contributed by atoms with Crippen LogP contribution in [0.4, 0.5) is 5.69 Å². The van der Waals surface area contributed by atoms with Crippen LogP contribution in [0.1, 0.15) is 37.5 Å². The van der Waals surface area contributed by atoms with Crippen LogP contribution in [0.15, 0.2) is 24.5 Å². The van der Waals surface area contributed by atoms with E-state index < -0.39 is 8.32 Å². The maximum atomic E-state index is 6.30. The molecule has 0 spiro atoms. The Kier molecular flexibility index (Phi) is 5.50. The first-order chi connectivity index (χ1) is 11.0. The summed E-state index contributed by atoms with van der Waals surface area (Å²) in [5, 5.41) is 0.274. The van der Waals surface area contributed by atoms with E-state index in [1.165, 1.54) is 22.4 Å². The monoisotopic (exact) mass is 346 g/mol. The molecular formula is C20H34N2OSi. The molecule has 1 aromatic rings. The summed E-state index contributed by atoms with van der Waals surface area (Å²) in [6, 6.07) is 4.53. The van der Waals surface area contributed by atoms with Gasteiger partial charge in [0.05, 0.1) is 13.3 Å². The van der Waals surface area contributed by atoms with Gasteiger partial charge in [-0.3, -0.25) is 0 Å². The lowest BCUT2D eigenvalue weighted by Crippen LogP contribution is -2.42. The van der Waals surface area contributed by atoms with Crippen molar-refractivity contribution in [1.29, 1.82) is 0 Å². The maximum absolute atomic E-state index is 6.30. The van der Waals surface area contributed by atoms with Gasteiger partial charge in [-0.1, -0.05) is 38.5 Å². The molecule has 0 aromatic heterocycles. The Hall–Kier alpha value is -1.26. The molecule has 4 heteroatoms. The van der Waals surface area contributed by atoms with Crippen LogP contribution in [0.25, 0.3) is 0 Å². The molecule has 3 nitrogen and oxygen atoms in total. The average molecular weight is 347 g/mol. The minimum atomic E-state index is -1.65. The third kappa shape index (κ3) is 4.22. The van der Waals surface area contributed by atoms with Crippen LogP contribution >= 0.6 is 0 Å². The molecule has 0 N–H and O–H groups in total. The first-order valence-electron chi connectivity index (χ1n) is 8.92. The quantitative estimate of drug-likeness (QED) is 0.683. The number of hydrogen-bond donors (Lipinski definition) is 0. The van der Waals surface area contributed by atoms with Crippen LogP contribution in [-0.4, -0.2) is 33.0 Å². The van der Waals surface area contributed by atoms with Gasteiger partial charge >= 0.3 is 0 Å². The van der Waals surface area contributed by atoms with Gasteiger partial charge in [0.1, 0.15) is 0 Å². The molecule has 0 radical (unpaired) electrons. The first-order valence-corrected chi connectivity index (χ1v) is 11.8. The Morgan fingerprint density at radius 2 is 1.62 bits per heavy atom. The van der Waals surface area contributed by atoms with E-state index in [9.17, 15) is 0 Å². The van der Waals surface area contributed by atoms with Crippen molar-refractivity contribution >= 4 is 14.0 Å². The van der Waals surface area contributed by atoms with Gasteiger partial charge in [-0.05, 0) is 50.0 Å². The van der Waals surface area contributed by atoms with Gasteiger partial charge in [0.2, 0.25) is 0 Å². The molecule has 0 saturated heterocycles. The number of benzene rings is 1.